The highest BCUT2D eigenvalue weighted by molar-refractivity contribution is 5.49. The van der Waals surface area contributed by atoms with E-state index >= 15 is 0 Å². The molecule has 3 aromatic rings. The third-order valence-electron chi connectivity index (χ3n) is 4.72. The van der Waals surface area contributed by atoms with Gasteiger partial charge in [0.1, 0.15) is 5.75 Å². The number of anilines is 1. The van der Waals surface area contributed by atoms with E-state index in [-0.39, 0.29) is 0 Å². The van der Waals surface area contributed by atoms with Gasteiger partial charge in [-0.3, -0.25) is 0 Å². The molecular formula is C24H27NO. The number of aryl methyl sites for hydroxylation is 2. The first-order valence-electron chi connectivity index (χ1n) is 9.25. The lowest BCUT2D eigenvalue weighted by Gasteiger charge is -2.12. The summed E-state index contributed by atoms with van der Waals surface area (Å²) in [5, 5.41) is 3.57. The van der Waals surface area contributed by atoms with Gasteiger partial charge in [0.25, 0.3) is 0 Å². The van der Waals surface area contributed by atoms with Gasteiger partial charge in [0, 0.05) is 12.2 Å². The molecule has 134 valence electrons. The summed E-state index contributed by atoms with van der Waals surface area (Å²) in [5.41, 5.74) is 6.60. The molecule has 0 atom stereocenters. The Balaban J connectivity index is 1.56. The van der Waals surface area contributed by atoms with Crippen LogP contribution in [-0.2, 0) is 12.8 Å². The molecule has 0 aliphatic rings. The zero-order valence-electron chi connectivity index (χ0n) is 15.7. The average molecular weight is 345 g/mol. The molecule has 0 heterocycles. The molecule has 0 bridgehead atoms. The zero-order chi connectivity index (χ0) is 18.2. The van der Waals surface area contributed by atoms with Crippen LogP contribution in [0.25, 0.3) is 0 Å². The molecule has 0 radical (unpaired) electrons. The first-order valence-corrected chi connectivity index (χ1v) is 9.25. The average Bonchev–Trinajstić information content (AvgIpc) is 2.69. The SMILES string of the molecule is COc1ccc(Cc2cc(NCCCc3ccccc3)ccc2C)cc1. The Morgan fingerprint density at radius 3 is 2.35 bits per heavy atom. The van der Waals surface area contributed by atoms with Crippen molar-refractivity contribution >= 4 is 5.69 Å². The van der Waals surface area contributed by atoms with E-state index in [2.05, 4.69) is 72.9 Å². The Labute approximate surface area is 156 Å². The smallest absolute Gasteiger partial charge is 0.118 e. The molecule has 26 heavy (non-hydrogen) atoms. The minimum Gasteiger partial charge on any atom is -0.497 e. The monoisotopic (exact) mass is 345 g/mol. The first-order chi connectivity index (χ1) is 12.7. The highest BCUT2D eigenvalue weighted by Gasteiger charge is 2.03. The van der Waals surface area contributed by atoms with Crippen LogP contribution >= 0.6 is 0 Å². The van der Waals surface area contributed by atoms with E-state index in [1.807, 2.05) is 12.1 Å². The second-order valence-corrected chi connectivity index (χ2v) is 6.68. The van der Waals surface area contributed by atoms with Gasteiger partial charge in [-0.15, -0.1) is 0 Å². The maximum atomic E-state index is 5.24. The van der Waals surface area contributed by atoms with E-state index in [0.29, 0.717) is 0 Å². The zero-order valence-corrected chi connectivity index (χ0v) is 15.7. The van der Waals surface area contributed by atoms with Gasteiger partial charge in [-0.2, -0.15) is 0 Å². The molecule has 3 rings (SSSR count). The van der Waals surface area contributed by atoms with Gasteiger partial charge in [-0.25, -0.2) is 0 Å². The van der Waals surface area contributed by atoms with Crippen molar-refractivity contribution in [1.29, 1.82) is 0 Å². The molecule has 0 unspecified atom stereocenters. The lowest BCUT2D eigenvalue weighted by Crippen LogP contribution is -2.04. The molecule has 0 amide bonds. The molecule has 0 aliphatic carbocycles. The van der Waals surface area contributed by atoms with Crippen molar-refractivity contribution in [3.8, 4) is 5.75 Å². The molecule has 0 aliphatic heterocycles. The van der Waals surface area contributed by atoms with E-state index in [9.17, 15) is 0 Å². The highest BCUT2D eigenvalue weighted by atomic mass is 16.5. The Bertz CT molecular complexity index is 809. The summed E-state index contributed by atoms with van der Waals surface area (Å²) in [4.78, 5) is 0. The molecule has 0 saturated heterocycles. The van der Waals surface area contributed by atoms with Gasteiger partial charge in [0.15, 0.2) is 0 Å². The third kappa shape index (κ3) is 5.13. The van der Waals surface area contributed by atoms with Crippen molar-refractivity contribution in [3.05, 3.63) is 95.1 Å². The Kier molecular flexibility index (Phi) is 6.32. The van der Waals surface area contributed by atoms with Crippen molar-refractivity contribution in [2.75, 3.05) is 19.0 Å². The van der Waals surface area contributed by atoms with E-state index < -0.39 is 0 Å². The summed E-state index contributed by atoms with van der Waals surface area (Å²) >= 11 is 0. The van der Waals surface area contributed by atoms with Gasteiger partial charge < -0.3 is 10.1 Å². The van der Waals surface area contributed by atoms with Crippen LogP contribution in [0.15, 0.2) is 72.8 Å². The molecule has 1 N–H and O–H groups in total. The standard InChI is InChI=1S/C24H27NO/c1-19-10-13-23(25-16-6-9-20-7-4-3-5-8-20)18-22(19)17-21-11-14-24(26-2)15-12-21/h3-5,7-8,10-15,18,25H,6,9,16-17H2,1-2H3. The van der Waals surface area contributed by atoms with E-state index in [4.69, 9.17) is 4.74 Å². The first kappa shape index (κ1) is 18.1. The van der Waals surface area contributed by atoms with Gasteiger partial charge in [0.2, 0.25) is 0 Å². The van der Waals surface area contributed by atoms with Gasteiger partial charge >= 0.3 is 0 Å². The number of nitrogens with one attached hydrogen (secondary N) is 1. The van der Waals surface area contributed by atoms with E-state index in [1.54, 1.807) is 7.11 Å². The Morgan fingerprint density at radius 1 is 0.846 bits per heavy atom. The summed E-state index contributed by atoms with van der Waals surface area (Å²) in [7, 11) is 1.70. The topological polar surface area (TPSA) is 21.3 Å². The third-order valence-corrected chi connectivity index (χ3v) is 4.72. The van der Waals surface area contributed by atoms with Crippen LogP contribution in [0.4, 0.5) is 5.69 Å². The molecule has 0 spiro atoms. The molecule has 2 nitrogen and oxygen atoms in total. The fourth-order valence-electron chi connectivity index (χ4n) is 3.11. The highest BCUT2D eigenvalue weighted by Crippen LogP contribution is 2.20. The van der Waals surface area contributed by atoms with E-state index in [0.717, 1.165) is 31.6 Å². The molecule has 3 aromatic carbocycles. The number of hydrogen-bond acceptors (Lipinski definition) is 2. The summed E-state index contributed by atoms with van der Waals surface area (Å²) < 4.78 is 5.24. The van der Waals surface area contributed by atoms with Crippen LogP contribution in [0.5, 0.6) is 5.75 Å². The van der Waals surface area contributed by atoms with Gasteiger partial charge in [-0.1, -0.05) is 48.5 Å². The fourth-order valence-corrected chi connectivity index (χ4v) is 3.11. The van der Waals surface area contributed by atoms with E-state index in [1.165, 1.54) is 27.9 Å². The van der Waals surface area contributed by atoms with Crippen molar-refractivity contribution in [2.45, 2.75) is 26.2 Å². The van der Waals surface area contributed by atoms with Crippen LogP contribution in [0.2, 0.25) is 0 Å². The Morgan fingerprint density at radius 2 is 1.62 bits per heavy atom. The van der Waals surface area contributed by atoms with Crippen molar-refractivity contribution in [1.82, 2.24) is 0 Å². The summed E-state index contributed by atoms with van der Waals surface area (Å²) in [5.74, 6) is 0.902. The number of methoxy groups -OCH3 is 1. The second kappa shape index (κ2) is 9.10. The fraction of sp³-hybridized carbons (Fsp3) is 0.250. The van der Waals surface area contributed by atoms with Crippen molar-refractivity contribution in [3.63, 3.8) is 0 Å². The number of ether oxygens (including phenoxy) is 1. The maximum absolute atomic E-state index is 5.24. The number of benzene rings is 3. The molecular weight excluding hydrogens is 318 g/mol. The van der Waals surface area contributed by atoms with Crippen LogP contribution in [0, 0.1) is 6.92 Å². The van der Waals surface area contributed by atoms with Crippen LogP contribution in [0.1, 0.15) is 28.7 Å². The molecule has 0 saturated carbocycles. The minimum atomic E-state index is 0.902. The predicted octanol–water partition coefficient (Wildman–Crippen LogP) is 5.64. The van der Waals surface area contributed by atoms with Crippen LogP contribution < -0.4 is 10.1 Å². The van der Waals surface area contributed by atoms with Crippen LogP contribution in [0.3, 0.4) is 0 Å². The van der Waals surface area contributed by atoms with Crippen molar-refractivity contribution in [2.24, 2.45) is 0 Å². The molecule has 2 heteroatoms. The molecule has 0 aromatic heterocycles. The lowest BCUT2D eigenvalue weighted by atomic mass is 10.00. The van der Waals surface area contributed by atoms with Crippen molar-refractivity contribution < 1.29 is 4.74 Å². The Hall–Kier alpha value is -2.74. The largest absolute Gasteiger partial charge is 0.497 e. The van der Waals surface area contributed by atoms with Gasteiger partial charge in [0.05, 0.1) is 7.11 Å². The van der Waals surface area contributed by atoms with Crippen LogP contribution in [-0.4, -0.2) is 13.7 Å². The number of rotatable bonds is 8. The lowest BCUT2D eigenvalue weighted by molar-refractivity contribution is 0.414. The second-order valence-electron chi connectivity index (χ2n) is 6.68. The maximum Gasteiger partial charge on any atom is 0.118 e. The summed E-state index contributed by atoms with van der Waals surface area (Å²) in [6.07, 6.45) is 3.18. The van der Waals surface area contributed by atoms with Gasteiger partial charge in [-0.05, 0) is 72.7 Å². The number of hydrogen-bond donors (Lipinski definition) is 1. The minimum absolute atomic E-state index is 0.902. The quantitative estimate of drug-likeness (QED) is 0.534. The normalized spacial score (nSPS) is 10.5. The predicted molar refractivity (Wildman–Crippen MR) is 110 cm³/mol. The summed E-state index contributed by atoms with van der Waals surface area (Å²) in [6, 6.07) is 25.7. The molecule has 0 fully saturated rings. The summed E-state index contributed by atoms with van der Waals surface area (Å²) in [6.45, 7) is 3.16.